The van der Waals surface area contributed by atoms with E-state index in [9.17, 15) is 4.79 Å². The predicted molar refractivity (Wildman–Crippen MR) is 57.4 cm³/mol. The number of aromatic hydroxyl groups is 1. The molecule has 82 valence electrons. The number of aromatic nitrogens is 2. The van der Waals surface area contributed by atoms with Crippen LogP contribution in [0.25, 0.3) is 0 Å². The number of nitrogen functional groups attached to an aromatic ring is 1. The average Bonchev–Trinajstić information content (AvgIpc) is 2.68. The summed E-state index contributed by atoms with van der Waals surface area (Å²) in [7, 11) is 0. The minimum Gasteiger partial charge on any atom is -0.508 e. The quantitative estimate of drug-likeness (QED) is 0.598. The van der Waals surface area contributed by atoms with Gasteiger partial charge in [0.25, 0.3) is 0 Å². The van der Waals surface area contributed by atoms with Gasteiger partial charge in [0, 0.05) is 11.5 Å². The summed E-state index contributed by atoms with van der Waals surface area (Å²) in [6.45, 7) is 0. The van der Waals surface area contributed by atoms with E-state index in [2.05, 4.69) is 9.59 Å². The summed E-state index contributed by atoms with van der Waals surface area (Å²) in [6, 6.07) is 5.74. The van der Waals surface area contributed by atoms with Crippen LogP contribution in [0.3, 0.4) is 0 Å². The van der Waals surface area contributed by atoms with Gasteiger partial charge < -0.3 is 15.6 Å². The minimum atomic E-state index is -0.670. The van der Waals surface area contributed by atoms with E-state index in [-0.39, 0.29) is 16.4 Å². The third-order valence-corrected chi connectivity index (χ3v) is 2.31. The highest BCUT2D eigenvalue weighted by Crippen LogP contribution is 2.19. The smallest absolute Gasteiger partial charge is 0.367 e. The Balaban J connectivity index is 2.14. The second-order valence-electron chi connectivity index (χ2n) is 2.87. The first-order chi connectivity index (χ1) is 7.66. The number of phenolic OH excluding ortho intramolecular Hbond substituents is 1. The fraction of sp³-hybridized carbons (Fsp3) is 0. The number of carbonyl (C=O) groups excluding carboxylic acids is 1. The van der Waals surface area contributed by atoms with Crippen LogP contribution >= 0.6 is 11.5 Å². The van der Waals surface area contributed by atoms with E-state index >= 15 is 0 Å². The molecule has 0 spiro atoms. The lowest BCUT2D eigenvalue weighted by atomic mass is 10.3. The largest absolute Gasteiger partial charge is 0.508 e. The zero-order valence-corrected chi connectivity index (χ0v) is 8.77. The molecule has 0 bridgehead atoms. The Hall–Kier alpha value is -2.15. The Bertz CT molecular complexity index is 509. The number of hydrogen-bond donors (Lipinski definition) is 2. The van der Waals surface area contributed by atoms with E-state index in [1.807, 2.05) is 0 Å². The fourth-order valence-electron chi connectivity index (χ4n) is 1.01. The van der Waals surface area contributed by atoms with Gasteiger partial charge in [-0.1, -0.05) is 4.49 Å². The van der Waals surface area contributed by atoms with Crippen LogP contribution in [-0.4, -0.2) is 20.7 Å². The normalized spacial score (nSPS) is 10.0. The van der Waals surface area contributed by atoms with Gasteiger partial charge in [0.2, 0.25) is 5.69 Å². The molecule has 0 aliphatic heterocycles. The van der Waals surface area contributed by atoms with Crippen molar-refractivity contribution in [3.63, 3.8) is 0 Å². The third kappa shape index (κ3) is 2.09. The molecule has 1 aromatic carbocycles. The van der Waals surface area contributed by atoms with Gasteiger partial charge in [-0.05, 0) is 24.3 Å². The van der Waals surface area contributed by atoms with Crippen molar-refractivity contribution in [1.82, 2.24) is 9.59 Å². The fourth-order valence-corrected chi connectivity index (χ4v) is 1.43. The zero-order chi connectivity index (χ0) is 11.5. The second kappa shape index (κ2) is 4.15. The van der Waals surface area contributed by atoms with Crippen LogP contribution in [0.15, 0.2) is 24.3 Å². The first-order valence-electron chi connectivity index (χ1n) is 4.26. The van der Waals surface area contributed by atoms with Crippen molar-refractivity contribution in [3.8, 4) is 11.5 Å². The second-order valence-corrected chi connectivity index (χ2v) is 3.65. The molecule has 0 fully saturated rings. The molecule has 0 radical (unpaired) electrons. The zero-order valence-electron chi connectivity index (χ0n) is 7.95. The molecule has 0 atom stereocenters. The highest BCUT2D eigenvalue weighted by molar-refractivity contribution is 7.10. The molecule has 1 aromatic heterocycles. The van der Waals surface area contributed by atoms with Crippen molar-refractivity contribution in [2.45, 2.75) is 0 Å². The van der Waals surface area contributed by atoms with Crippen LogP contribution in [0.4, 0.5) is 5.00 Å². The maximum absolute atomic E-state index is 11.5. The number of phenols is 1. The van der Waals surface area contributed by atoms with Gasteiger partial charge in [0.05, 0.1) is 0 Å². The van der Waals surface area contributed by atoms with E-state index < -0.39 is 5.97 Å². The van der Waals surface area contributed by atoms with Crippen molar-refractivity contribution in [2.24, 2.45) is 0 Å². The molecule has 7 heteroatoms. The summed E-state index contributed by atoms with van der Waals surface area (Å²) in [5.74, 6) is -0.276. The summed E-state index contributed by atoms with van der Waals surface area (Å²) in [4.78, 5) is 11.5. The number of benzene rings is 1. The lowest BCUT2D eigenvalue weighted by molar-refractivity contribution is 0.0729. The van der Waals surface area contributed by atoms with Crippen molar-refractivity contribution in [1.29, 1.82) is 0 Å². The summed E-state index contributed by atoms with van der Waals surface area (Å²) < 4.78 is 8.49. The lowest BCUT2D eigenvalue weighted by Crippen LogP contribution is -2.10. The molecule has 0 saturated carbocycles. The standard InChI is InChI=1S/C9H7N3O3S/c10-8-7(11-12-16-8)9(14)15-6-3-1-5(13)2-4-6/h1-4,13H,10H2. The van der Waals surface area contributed by atoms with Gasteiger partial charge in [-0.3, -0.25) is 0 Å². The van der Waals surface area contributed by atoms with Gasteiger partial charge in [0.1, 0.15) is 16.5 Å². The summed E-state index contributed by atoms with van der Waals surface area (Å²) in [5.41, 5.74) is 5.47. The highest BCUT2D eigenvalue weighted by atomic mass is 32.1. The van der Waals surface area contributed by atoms with E-state index in [4.69, 9.17) is 15.6 Å². The minimum absolute atomic E-state index is 0.00178. The first kappa shape index (κ1) is 10.4. The molecule has 3 N–H and O–H groups in total. The number of carbonyl (C=O) groups is 1. The van der Waals surface area contributed by atoms with E-state index in [1.54, 1.807) is 0 Å². The van der Waals surface area contributed by atoms with Crippen molar-refractivity contribution in [2.75, 3.05) is 5.73 Å². The topological polar surface area (TPSA) is 98.3 Å². The molecule has 6 nitrogen and oxygen atoms in total. The summed E-state index contributed by atoms with van der Waals surface area (Å²) in [5, 5.41) is 12.8. The van der Waals surface area contributed by atoms with Gasteiger partial charge in [-0.15, -0.1) is 5.10 Å². The Morgan fingerprint density at radius 1 is 1.38 bits per heavy atom. The predicted octanol–water partition coefficient (Wildman–Crippen LogP) is 1.05. The van der Waals surface area contributed by atoms with E-state index in [1.165, 1.54) is 24.3 Å². The first-order valence-corrected chi connectivity index (χ1v) is 5.03. The maximum Gasteiger partial charge on any atom is 0.367 e. The SMILES string of the molecule is Nc1snnc1C(=O)Oc1ccc(O)cc1. The van der Waals surface area contributed by atoms with Gasteiger partial charge in [-0.2, -0.15) is 0 Å². The molecule has 0 amide bonds. The van der Waals surface area contributed by atoms with Crippen LogP contribution in [0.5, 0.6) is 11.5 Å². The van der Waals surface area contributed by atoms with Gasteiger partial charge in [-0.25, -0.2) is 4.79 Å². The molecule has 0 unspecified atom stereocenters. The summed E-state index contributed by atoms with van der Waals surface area (Å²) in [6.07, 6.45) is 0. The lowest BCUT2D eigenvalue weighted by Gasteiger charge is -2.01. The highest BCUT2D eigenvalue weighted by Gasteiger charge is 2.16. The third-order valence-electron chi connectivity index (χ3n) is 1.75. The number of nitrogens with zero attached hydrogens (tertiary/aromatic N) is 2. The molecule has 0 aliphatic carbocycles. The molecule has 1 heterocycles. The van der Waals surface area contributed by atoms with E-state index in [0.717, 1.165) is 11.5 Å². The van der Waals surface area contributed by atoms with Crippen molar-refractivity contribution < 1.29 is 14.6 Å². The van der Waals surface area contributed by atoms with Crippen LogP contribution in [-0.2, 0) is 0 Å². The average molecular weight is 237 g/mol. The molecule has 2 aromatic rings. The molecule has 16 heavy (non-hydrogen) atoms. The number of hydrogen-bond acceptors (Lipinski definition) is 7. The van der Waals surface area contributed by atoms with Crippen LogP contribution in [0.1, 0.15) is 10.5 Å². The molecular formula is C9H7N3O3S. The number of nitrogens with two attached hydrogens (primary N) is 1. The van der Waals surface area contributed by atoms with Crippen LogP contribution < -0.4 is 10.5 Å². The number of ether oxygens (including phenoxy) is 1. The maximum atomic E-state index is 11.5. The number of rotatable bonds is 2. The molecule has 2 rings (SSSR count). The molecule has 0 saturated heterocycles. The Kier molecular flexibility index (Phi) is 2.69. The number of esters is 1. The Labute approximate surface area is 94.5 Å². The van der Waals surface area contributed by atoms with Gasteiger partial charge >= 0.3 is 5.97 Å². The van der Waals surface area contributed by atoms with Gasteiger partial charge in [0.15, 0.2) is 0 Å². The van der Waals surface area contributed by atoms with Crippen LogP contribution in [0.2, 0.25) is 0 Å². The Morgan fingerprint density at radius 3 is 2.62 bits per heavy atom. The van der Waals surface area contributed by atoms with Crippen molar-refractivity contribution >= 4 is 22.5 Å². The summed E-state index contributed by atoms with van der Waals surface area (Å²) >= 11 is 0.922. The van der Waals surface area contributed by atoms with E-state index in [0.29, 0.717) is 5.75 Å². The van der Waals surface area contributed by atoms with Crippen LogP contribution in [0, 0.1) is 0 Å². The molecule has 0 aliphatic rings. The Morgan fingerprint density at radius 2 is 2.06 bits per heavy atom. The molecular weight excluding hydrogens is 230 g/mol. The number of anilines is 1. The monoisotopic (exact) mass is 237 g/mol. The van der Waals surface area contributed by atoms with Crippen molar-refractivity contribution in [3.05, 3.63) is 30.0 Å².